The van der Waals surface area contributed by atoms with Gasteiger partial charge in [-0.25, -0.2) is 0 Å². The average molecular weight is 273 g/mol. The Labute approximate surface area is 122 Å². The van der Waals surface area contributed by atoms with Crippen LogP contribution in [0.25, 0.3) is 21.9 Å². The molecule has 3 heteroatoms. The summed E-state index contributed by atoms with van der Waals surface area (Å²) in [6.07, 6.45) is 5.28. The summed E-state index contributed by atoms with van der Waals surface area (Å²) < 4.78 is 0. The summed E-state index contributed by atoms with van der Waals surface area (Å²) in [5, 5.41) is 2.97. The molecule has 0 saturated heterocycles. The molecule has 0 radical (unpaired) electrons. The molecule has 0 aromatic heterocycles. The van der Waals surface area contributed by atoms with Crippen molar-refractivity contribution in [1.82, 2.24) is 0 Å². The van der Waals surface area contributed by atoms with E-state index in [-0.39, 0.29) is 0 Å². The van der Waals surface area contributed by atoms with Crippen molar-refractivity contribution in [3.05, 3.63) is 57.2 Å². The van der Waals surface area contributed by atoms with Gasteiger partial charge < -0.3 is 0 Å². The molecule has 2 aromatic rings. The quantitative estimate of drug-likeness (QED) is 0.462. The molecule has 0 fully saturated rings. The van der Waals surface area contributed by atoms with E-state index < -0.39 is 5.79 Å². The second-order valence-electron chi connectivity index (χ2n) is 6.86. The van der Waals surface area contributed by atoms with Crippen LogP contribution in [-0.4, -0.2) is 5.79 Å². The third-order valence-corrected chi connectivity index (χ3v) is 5.71. The molecule has 5 aliphatic carbocycles. The fraction of sp³-hybridized carbons (Fsp3) is 0.222. The molecule has 0 saturated carbocycles. The molecule has 21 heavy (non-hydrogen) atoms. The van der Waals surface area contributed by atoms with Crippen molar-refractivity contribution in [2.24, 2.45) is 17.2 Å². The number of nitrogens with two attached hydrogens (primary N) is 3. The van der Waals surface area contributed by atoms with E-state index in [0.717, 1.165) is 24.8 Å². The Hall–Kier alpha value is -1.94. The highest BCUT2D eigenvalue weighted by atomic mass is 15.1. The van der Waals surface area contributed by atoms with Crippen LogP contribution < -0.4 is 17.2 Å². The maximum Gasteiger partial charge on any atom is 0.143 e. The highest BCUT2D eigenvalue weighted by molar-refractivity contribution is 6.13. The first kappa shape index (κ1) is 10.7. The van der Waals surface area contributed by atoms with E-state index >= 15 is 0 Å². The highest BCUT2D eigenvalue weighted by Crippen LogP contribution is 2.58. The van der Waals surface area contributed by atoms with Crippen molar-refractivity contribution in [2.45, 2.75) is 25.0 Å². The minimum absolute atomic E-state index is 0.923. The standard InChI is InChI=1S/C18H15N3/c19-18(20,21)14-5-8-4-12(14)17-11-3-7-1-2-9(11)16-10(7)6-13(16)15(8)17/h1-2,5H,3-4,6,19-21H2. The van der Waals surface area contributed by atoms with Gasteiger partial charge in [0.25, 0.3) is 0 Å². The molecule has 0 amide bonds. The van der Waals surface area contributed by atoms with E-state index in [1.807, 2.05) is 0 Å². The minimum Gasteiger partial charge on any atom is -0.297 e. The third-order valence-electron chi connectivity index (χ3n) is 5.71. The third kappa shape index (κ3) is 0.977. The molecular weight excluding hydrogens is 258 g/mol. The van der Waals surface area contributed by atoms with Gasteiger partial charge in [0.2, 0.25) is 0 Å². The monoisotopic (exact) mass is 273 g/mol. The lowest BCUT2D eigenvalue weighted by Crippen LogP contribution is -2.59. The lowest BCUT2D eigenvalue weighted by Gasteiger charge is -2.35. The van der Waals surface area contributed by atoms with Gasteiger partial charge in [0.05, 0.1) is 0 Å². The Morgan fingerprint density at radius 1 is 0.857 bits per heavy atom. The smallest absolute Gasteiger partial charge is 0.143 e. The van der Waals surface area contributed by atoms with Crippen LogP contribution in [0.2, 0.25) is 0 Å². The van der Waals surface area contributed by atoms with Gasteiger partial charge in [-0.1, -0.05) is 12.1 Å². The second-order valence-corrected chi connectivity index (χ2v) is 6.86. The van der Waals surface area contributed by atoms with E-state index in [1.54, 1.807) is 5.56 Å². The highest BCUT2D eigenvalue weighted by Gasteiger charge is 2.42. The first-order valence-corrected chi connectivity index (χ1v) is 7.48. The molecule has 0 unspecified atom stereocenters. The molecule has 5 aliphatic rings. The van der Waals surface area contributed by atoms with Crippen LogP contribution in [0.3, 0.4) is 0 Å². The molecule has 102 valence electrons. The Balaban J connectivity index is 1.81. The molecule has 2 aromatic carbocycles. The normalized spacial score (nSPS) is 19.7. The van der Waals surface area contributed by atoms with Crippen molar-refractivity contribution >= 4 is 21.9 Å². The van der Waals surface area contributed by atoms with Crippen molar-refractivity contribution in [2.75, 3.05) is 0 Å². The Morgan fingerprint density at radius 2 is 1.71 bits per heavy atom. The fourth-order valence-corrected chi connectivity index (χ4v) is 4.89. The summed E-state index contributed by atoms with van der Waals surface area (Å²) >= 11 is 0. The SMILES string of the molecule is NC(N)(N)C1=C2CC(=C1)c1c2c2c3ccc(c4c3c1C4)C2. The number of fused-ring (bicyclic) bond motifs is 7. The second kappa shape index (κ2) is 2.83. The molecule has 3 nitrogen and oxygen atoms in total. The Morgan fingerprint density at radius 3 is 2.52 bits per heavy atom. The van der Waals surface area contributed by atoms with E-state index in [4.69, 9.17) is 17.2 Å². The van der Waals surface area contributed by atoms with E-state index in [9.17, 15) is 0 Å². The topological polar surface area (TPSA) is 78.1 Å². The van der Waals surface area contributed by atoms with Crippen molar-refractivity contribution in [1.29, 1.82) is 0 Å². The molecule has 6 bridgehead atoms. The van der Waals surface area contributed by atoms with Crippen LogP contribution in [0.15, 0.2) is 23.8 Å². The predicted octanol–water partition coefficient (Wildman–Crippen LogP) is 1.73. The van der Waals surface area contributed by atoms with E-state index in [0.29, 0.717) is 0 Å². The molecule has 7 rings (SSSR count). The van der Waals surface area contributed by atoms with Gasteiger partial charge in [0.15, 0.2) is 0 Å². The van der Waals surface area contributed by atoms with Crippen LogP contribution in [0.5, 0.6) is 0 Å². The number of allylic oxidation sites excluding steroid dienone is 2. The molecular formula is C18H15N3. The molecule has 0 aliphatic heterocycles. The average Bonchev–Trinajstić information content (AvgIpc) is 2.94. The van der Waals surface area contributed by atoms with Crippen LogP contribution in [0.1, 0.15) is 39.8 Å². The number of hydrogen-bond donors (Lipinski definition) is 3. The van der Waals surface area contributed by atoms with Crippen molar-refractivity contribution in [3.63, 3.8) is 0 Å². The molecule has 6 N–H and O–H groups in total. The zero-order valence-electron chi connectivity index (χ0n) is 11.6. The van der Waals surface area contributed by atoms with Crippen LogP contribution in [0.4, 0.5) is 0 Å². The van der Waals surface area contributed by atoms with Crippen LogP contribution in [0, 0.1) is 0 Å². The summed E-state index contributed by atoms with van der Waals surface area (Å²) in [6.45, 7) is 0. The Kier molecular flexibility index (Phi) is 1.45. The largest absolute Gasteiger partial charge is 0.297 e. The summed E-state index contributed by atoms with van der Waals surface area (Å²) in [7, 11) is 0. The maximum atomic E-state index is 5.98. The van der Waals surface area contributed by atoms with E-state index in [2.05, 4.69) is 18.2 Å². The first-order valence-electron chi connectivity index (χ1n) is 7.48. The lowest BCUT2D eigenvalue weighted by atomic mass is 9.69. The summed E-state index contributed by atoms with van der Waals surface area (Å²) in [4.78, 5) is 0. The zero-order valence-corrected chi connectivity index (χ0v) is 11.6. The number of benzene rings is 2. The zero-order chi connectivity index (χ0) is 14.1. The van der Waals surface area contributed by atoms with Gasteiger partial charge in [-0.3, -0.25) is 17.2 Å². The summed E-state index contributed by atoms with van der Waals surface area (Å²) in [5.41, 5.74) is 30.5. The van der Waals surface area contributed by atoms with Gasteiger partial charge in [-0.05, 0) is 80.6 Å². The molecule has 0 atom stereocenters. The predicted molar refractivity (Wildman–Crippen MR) is 84.4 cm³/mol. The lowest BCUT2D eigenvalue weighted by molar-refractivity contribution is 0.560. The summed E-state index contributed by atoms with van der Waals surface area (Å²) in [5.74, 6) is -1.23. The van der Waals surface area contributed by atoms with Crippen LogP contribution in [-0.2, 0) is 12.8 Å². The molecule has 0 spiro atoms. The number of rotatable bonds is 1. The van der Waals surface area contributed by atoms with E-state index in [1.165, 1.54) is 49.7 Å². The fourth-order valence-electron chi connectivity index (χ4n) is 4.89. The van der Waals surface area contributed by atoms with Crippen LogP contribution >= 0.6 is 0 Å². The molecule has 0 heterocycles. The van der Waals surface area contributed by atoms with Gasteiger partial charge in [-0.15, -0.1) is 0 Å². The van der Waals surface area contributed by atoms with Gasteiger partial charge >= 0.3 is 0 Å². The van der Waals surface area contributed by atoms with Gasteiger partial charge in [0.1, 0.15) is 5.79 Å². The minimum atomic E-state index is -1.23. The van der Waals surface area contributed by atoms with Crippen molar-refractivity contribution in [3.8, 4) is 0 Å². The maximum absolute atomic E-state index is 5.98. The number of hydrogen-bond acceptors (Lipinski definition) is 3. The van der Waals surface area contributed by atoms with Gasteiger partial charge in [-0.2, -0.15) is 0 Å². The first-order chi connectivity index (χ1) is 10.0. The van der Waals surface area contributed by atoms with Gasteiger partial charge in [0, 0.05) is 5.57 Å². The Bertz CT molecular complexity index is 984. The van der Waals surface area contributed by atoms with Crippen molar-refractivity contribution < 1.29 is 0 Å². The summed E-state index contributed by atoms with van der Waals surface area (Å²) in [6, 6.07) is 4.58.